The van der Waals surface area contributed by atoms with Crippen molar-refractivity contribution in [3.05, 3.63) is 76.9 Å². The van der Waals surface area contributed by atoms with E-state index in [0.717, 1.165) is 4.47 Å². The van der Waals surface area contributed by atoms with Gasteiger partial charge in [-0.2, -0.15) is 0 Å². The van der Waals surface area contributed by atoms with Crippen LogP contribution in [-0.4, -0.2) is 24.0 Å². The molecule has 3 N–H and O–H groups in total. The van der Waals surface area contributed by atoms with E-state index in [1.807, 2.05) is 24.3 Å². The van der Waals surface area contributed by atoms with Crippen molar-refractivity contribution in [2.45, 2.75) is 0 Å². The van der Waals surface area contributed by atoms with Gasteiger partial charge in [0.2, 0.25) is 5.88 Å². The Morgan fingerprint density at radius 2 is 1.68 bits per heavy atom. The molecule has 0 aliphatic rings. The third kappa shape index (κ3) is 5.31. The van der Waals surface area contributed by atoms with E-state index in [2.05, 4.69) is 36.9 Å². The maximum absolute atomic E-state index is 12.4. The fourth-order valence-corrected chi connectivity index (χ4v) is 2.64. The topological polar surface area (TPSA) is 92.4 Å². The number of carbonyl (C=O) groups is 2. The van der Waals surface area contributed by atoms with Gasteiger partial charge in [-0.05, 0) is 48.5 Å². The number of carbonyl (C=O) groups excluding carboxylic acids is 2. The minimum atomic E-state index is -0.312. The van der Waals surface area contributed by atoms with Gasteiger partial charge in [0.15, 0.2) is 0 Å². The first kappa shape index (κ1) is 19.4. The molecule has 0 spiro atoms. The molecular weight excluding hydrogens is 424 g/mol. The van der Waals surface area contributed by atoms with Gasteiger partial charge < -0.3 is 20.7 Å². The second-order valence-electron chi connectivity index (χ2n) is 5.68. The highest BCUT2D eigenvalue weighted by atomic mass is 79.9. The van der Waals surface area contributed by atoms with E-state index in [9.17, 15) is 9.59 Å². The Labute approximate surface area is 170 Å². The Kier molecular flexibility index (Phi) is 6.23. The largest absolute Gasteiger partial charge is 0.439 e. The van der Waals surface area contributed by atoms with Crippen LogP contribution in [0.4, 0.5) is 16.2 Å². The number of hydrogen-bond donors (Lipinski definition) is 3. The van der Waals surface area contributed by atoms with Crippen molar-refractivity contribution >= 4 is 39.2 Å². The minimum Gasteiger partial charge on any atom is -0.439 e. The van der Waals surface area contributed by atoms with Crippen LogP contribution in [0.15, 0.2) is 71.3 Å². The molecule has 7 nitrogen and oxygen atoms in total. The van der Waals surface area contributed by atoms with Crippen LogP contribution in [0, 0.1) is 0 Å². The lowest BCUT2D eigenvalue weighted by Crippen LogP contribution is -2.24. The second-order valence-corrected chi connectivity index (χ2v) is 6.60. The van der Waals surface area contributed by atoms with E-state index >= 15 is 0 Å². The van der Waals surface area contributed by atoms with E-state index in [1.165, 1.54) is 13.2 Å². The van der Waals surface area contributed by atoms with Gasteiger partial charge in [-0.15, -0.1) is 0 Å². The number of nitrogens with zero attached hydrogens (tertiary/aromatic N) is 1. The summed E-state index contributed by atoms with van der Waals surface area (Å²) in [7, 11) is 1.53. The molecule has 0 saturated carbocycles. The van der Waals surface area contributed by atoms with Gasteiger partial charge >= 0.3 is 6.03 Å². The van der Waals surface area contributed by atoms with Crippen LogP contribution >= 0.6 is 15.9 Å². The molecule has 142 valence electrons. The average Bonchev–Trinajstić information content (AvgIpc) is 2.70. The maximum atomic E-state index is 12.4. The quantitative estimate of drug-likeness (QED) is 0.538. The number of nitrogens with one attached hydrogen (secondary N) is 3. The molecule has 0 atom stereocenters. The molecule has 1 aromatic heterocycles. The molecule has 2 aromatic carbocycles. The molecule has 1 heterocycles. The highest BCUT2D eigenvalue weighted by molar-refractivity contribution is 9.10. The van der Waals surface area contributed by atoms with Crippen molar-refractivity contribution in [3.63, 3.8) is 0 Å². The van der Waals surface area contributed by atoms with Crippen LogP contribution in [0.3, 0.4) is 0 Å². The fraction of sp³-hybridized carbons (Fsp3) is 0.0500. The monoisotopic (exact) mass is 440 g/mol. The maximum Gasteiger partial charge on any atom is 0.318 e. The zero-order valence-corrected chi connectivity index (χ0v) is 16.5. The lowest BCUT2D eigenvalue weighted by molar-refractivity contribution is 0.102. The number of urea groups is 1. The first-order valence-electron chi connectivity index (χ1n) is 8.33. The number of rotatable bonds is 5. The van der Waals surface area contributed by atoms with E-state index in [1.54, 1.807) is 36.4 Å². The predicted molar refractivity (Wildman–Crippen MR) is 111 cm³/mol. The lowest BCUT2D eigenvalue weighted by atomic mass is 10.2. The number of amides is 3. The van der Waals surface area contributed by atoms with Gasteiger partial charge in [0.25, 0.3) is 5.91 Å². The van der Waals surface area contributed by atoms with Gasteiger partial charge in [0.05, 0.1) is 5.56 Å². The SMILES string of the molecule is CNC(=O)Nc1ccc(NC(=O)c2ccc(Oc3cccc(Br)c3)nc2)cc1. The zero-order valence-electron chi connectivity index (χ0n) is 14.9. The van der Waals surface area contributed by atoms with Gasteiger partial charge in [0.1, 0.15) is 5.75 Å². The van der Waals surface area contributed by atoms with Gasteiger partial charge in [-0.3, -0.25) is 4.79 Å². The second kappa shape index (κ2) is 9.01. The van der Waals surface area contributed by atoms with Crippen molar-refractivity contribution in [2.75, 3.05) is 17.7 Å². The van der Waals surface area contributed by atoms with Crippen LogP contribution < -0.4 is 20.7 Å². The lowest BCUT2D eigenvalue weighted by Gasteiger charge is -2.08. The molecule has 0 aliphatic carbocycles. The molecule has 0 bridgehead atoms. The molecule has 8 heteroatoms. The summed E-state index contributed by atoms with van der Waals surface area (Å²) in [5, 5.41) is 7.88. The van der Waals surface area contributed by atoms with Gasteiger partial charge in [0, 0.05) is 35.2 Å². The summed E-state index contributed by atoms with van der Waals surface area (Å²) < 4.78 is 6.55. The average molecular weight is 441 g/mol. The minimum absolute atomic E-state index is 0.298. The van der Waals surface area contributed by atoms with Crippen molar-refractivity contribution in [1.82, 2.24) is 10.3 Å². The van der Waals surface area contributed by atoms with Crippen LogP contribution in [0.1, 0.15) is 10.4 Å². The number of ether oxygens (including phenoxy) is 1. The van der Waals surface area contributed by atoms with Crippen molar-refractivity contribution in [2.24, 2.45) is 0 Å². The summed E-state index contributed by atoms with van der Waals surface area (Å²) in [6, 6.07) is 17.1. The molecule has 28 heavy (non-hydrogen) atoms. The Hall–Kier alpha value is -3.39. The van der Waals surface area contributed by atoms with Crippen LogP contribution in [0.5, 0.6) is 11.6 Å². The fourth-order valence-electron chi connectivity index (χ4n) is 2.26. The standard InChI is InChI=1S/C20H17BrN4O3/c1-22-20(27)25-16-8-6-15(7-9-16)24-19(26)13-5-10-18(23-12-13)28-17-4-2-3-14(21)11-17/h2-12H,1H3,(H,24,26)(H2,22,25,27). The third-order valence-corrected chi connectivity index (χ3v) is 4.14. The number of halogens is 1. The Balaban J connectivity index is 1.60. The smallest absolute Gasteiger partial charge is 0.318 e. The first-order valence-corrected chi connectivity index (χ1v) is 9.12. The van der Waals surface area contributed by atoms with Crippen molar-refractivity contribution in [3.8, 4) is 11.6 Å². The summed E-state index contributed by atoms with van der Waals surface area (Å²) >= 11 is 3.38. The van der Waals surface area contributed by atoms with E-state index < -0.39 is 0 Å². The summed E-state index contributed by atoms with van der Waals surface area (Å²) in [5.41, 5.74) is 1.61. The zero-order chi connectivity index (χ0) is 19.9. The van der Waals surface area contributed by atoms with Gasteiger partial charge in [-0.25, -0.2) is 9.78 Å². The number of aromatic nitrogens is 1. The van der Waals surface area contributed by atoms with Gasteiger partial charge in [-0.1, -0.05) is 22.0 Å². The molecule has 0 saturated heterocycles. The molecule has 3 rings (SSSR count). The van der Waals surface area contributed by atoms with Crippen LogP contribution in [0.2, 0.25) is 0 Å². The summed E-state index contributed by atoms with van der Waals surface area (Å²) in [4.78, 5) is 27.8. The normalized spacial score (nSPS) is 10.1. The molecule has 0 unspecified atom stereocenters. The molecule has 0 fully saturated rings. The molecule has 0 aliphatic heterocycles. The highest BCUT2D eigenvalue weighted by Gasteiger charge is 2.08. The third-order valence-electron chi connectivity index (χ3n) is 3.64. The Morgan fingerprint density at radius 1 is 0.964 bits per heavy atom. The Morgan fingerprint density at radius 3 is 2.29 bits per heavy atom. The number of benzene rings is 2. The Bertz CT molecular complexity index is 976. The van der Waals surface area contributed by atoms with Crippen molar-refractivity contribution < 1.29 is 14.3 Å². The molecule has 3 amide bonds. The first-order chi connectivity index (χ1) is 13.5. The number of anilines is 2. The molecule has 3 aromatic rings. The molecular formula is C20H17BrN4O3. The van der Waals surface area contributed by atoms with E-state index in [-0.39, 0.29) is 11.9 Å². The predicted octanol–water partition coefficient (Wildman–Crippen LogP) is 4.64. The summed E-state index contributed by atoms with van der Waals surface area (Å²) in [6.45, 7) is 0. The van der Waals surface area contributed by atoms with E-state index in [0.29, 0.717) is 28.6 Å². The highest BCUT2D eigenvalue weighted by Crippen LogP contribution is 2.23. The van der Waals surface area contributed by atoms with Crippen LogP contribution in [0.25, 0.3) is 0 Å². The van der Waals surface area contributed by atoms with Crippen molar-refractivity contribution in [1.29, 1.82) is 0 Å². The number of pyridine rings is 1. The van der Waals surface area contributed by atoms with E-state index in [4.69, 9.17) is 4.74 Å². The summed E-state index contributed by atoms with van der Waals surface area (Å²) in [6.07, 6.45) is 1.45. The molecule has 0 radical (unpaired) electrons. The number of hydrogen-bond acceptors (Lipinski definition) is 4. The van der Waals surface area contributed by atoms with Crippen LogP contribution in [-0.2, 0) is 0 Å². The summed E-state index contributed by atoms with van der Waals surface area (Å²) in [5.74, 6) is 0.734.